The van der Waals surface area contributed by atoms with Crippen molar-refractivity contribution in [1.82, 2.24) is 0 Å². The van der Waals surface area contributed by atoms with E-state index in [2.05, 4.69) is 4.74 Å². The molecule has 0 saturated carbocycles. The van der Waals surface area contributed by atoms with Gasteiger partial charge in [0.25, 0.3) is 0 Å². The summed E-state index contributed by atoms with van der Waals surface area (Å²) in [4.78, 5) is 34.2. The molecule has 21 heavy (non-hydrogen) atoms. The zero-order valence-electron chi connectivity index (χ0n) is 13.1. The molecule has 0 amide bonds. The number of carbonyl (C=O) groups is 3. The van der Waals surface area contributed by atoms with Gasteiger partial charge in [0.15, 0.2) is 5.78 Å². The van der Waals surface area contributed by atoms with Crippen molar-refractivity contribution in [3.8, 4) is 0 Å². The van der Waals surface area contributed by atoms with Crippen molar-refractivity contribution in [3.63, 3.8) is 0 Å². The first kappa shape index (κ1) is 17.4. The standard InChI is InChI=1S/C16H24O5/c1-11-9-14(18)13(15(10-11)21-12(2)17)7-5-4-6-8-16(19)20-3/h11H,4-10H2,1-3H3. The molecule has 0 heterocycles. The molecule has 1 aliphatic carbocycles. The van der Waals surface area contributed by atoms with Gasteiger partial charge >= 0.3 is 11.9 Å². The molecule has 1 aliphatic rings. The fraction of sp³-hybridized carbons (Fsp3) is 0.688. The third-order valence-electron chi connectivity index (χ3n) is 3.54. The van der Waals surface area contributed by atoms with Crippen LogP contribution in [0.3, 0.4) is 0 Å². The van der Waals surface area contributed by atoms with Gasteiger partial charge in [-0.05, 0) is 25.2 Å². The van der Waals surface area contributed by atoms with Gasteiger partial charge in [-0.1, -0.05) is 13.3 Å². The number of hydrogen-bond acceptors (Lipinski definition) is 5. The fourth-order valence-electron chi connectivity index (χ4n) is 2.51. The summed E-state index contributed by atoms with van der Waals surface area (Å²) in [5.74, 6) is 0.250. The Balaban J connectivity index is 2.52. The van der Waals surface area contributed by atoms with E-state index < -0.39 is 0 Å². The van der Waals surface area contributed by atoms with Crippen LogP contribution in [0.5, 0.6) is 0 Å². The molecule has 0 aromatic carbocycles. The van der Waals surface area contributed by atoms with Crippen molar-refractivity contribution in [2.45, 2.75) is 58.8 Å². The van der Waals surface area contributed by atoms with Crippen LogP contribution in [0.1, 0.15) is 58.8 Å². The minimum atomic E-state index is -0.380. The molecule has 118 valence electrons. The maximum atomic E-state index is 12.1. The van der Waals surface area contributed by atoms with E-state index in [4.69, 9.17) is 4.74 Å². The highest BCUT2D eigenvalue weighted by atomic mass is 16.5. The van der Waals surface area contributed by atoms with Gasteiger partial charge in [0.2, 0.25) is 0 Å². The monoisotopic (exact) mass is 296 g/mol. The second kappa shape index (κ2) is 8.60. The molecular weight excluding hydrogens is 272 g/mol. The molecule has 0 aliphatic heterocycles. The van der Waals surface area contributed by atoms with E-state index in [9.17, 15) is 14.4 Å². The third kappa shape index (κ3) is 6.10. The van der Waals surface area contributed by atoms with Gasteiger partial charge in [-0.25, -0.2) is 0 Å². The number of ether oxygens (including phenoxy) is 2. The van der Waals surface area contributed by atoms with Crippen LogP contribution in [0.4, 0.5) is 0 Å². The Kier molecular flexibility index (Phi) is 7.12. The molecule has 0 N–H and O–H groups in total. The number of methoxy groups -OCH3 is 1. The molecule has 5 heteroatoms. The normalized spacial score (nSPS) is 18.6. The molecule has 0 saturated heterocycles. The number of unbranched alkanes of at least 4 members (excludes halogenated alkanes) is 2. The zero-order chi connectivity index (χ0) is 15.8. The number of rotatable bonds is 7. The van der Waals surface area contributed by atoms with Crippen LogP contribution < -0.4 is 0 Å². The van der Waals surface area contributed by atoms with E-state index >= 15 is 0 Å². The van der Waals surface area contributed by atoms with E-state index in [-0.39, 0.29) is 23.6 Å². The second-order valence-electron chi connectivity index (χ2n) is 5.57. The smallest absolute Gasteiger partial charge is 0.307 e. The lowest BCUT2D eigenvalue weighted by atomic mass is 9.86. The molecule has 0 fully saturated rings. The van der Waals surface area contributed by atoms with E-state index in [1.807, 2.05) is 6.92 Å². The predicted octanol–water partition coefficient (Wildman–Crippen LogP) is 2.93. The SMILES string of the molecule is COC(=O)CCCCCC1=C(OC(C)=O)CC(C)CC1=O. The number of allylic oxidation sites excluding steroid dienone is 2. The average molecular weight is 296 g/mol. The number of carbonyl (C=O) groups excluding carboxylic acids is 3. The maximum Gasteiger partial charge on any atom is 0.307 e. The summed E-state index contributed by atoms with van der Waals surface area (Å²) >= 11 is 0. The van der Waals surface area contributed by atoms with E-state index in [1.54, 1.807) is 0 Å². The molecular formula is C16H24O5. The Morgan fingerprint density at radius 2 is 1.90 bits per heavy atom. The molecule has 5 nitrogen and oxygen atoms in total. The molecule has 1 atom stereocenters. The quantitative estimate of drug-likeness (QED) is 0.533. The van der Waals surface area contributed by atoms with Crippen LogP contribution in [0.15, 0.2) is 11.3 Å². The fourth-order valence-corrected chi connectivity index (χ4v) is 2.51. The highest BCUT2D eigenvalue weighted by Gasteiger charge is 2.26. The second-order valence-corrected chi connectivity index (χ2v) is 5.57. The summed E-state index contributed by atoms with van der Waals surface area (Å²) in [6.07, 6.45) is 4.55. The van der Waals surface area contributed by atoms with Gasteiger partial charge in [-0.15, -0.1) is 0 Å². The highest BCUT2D eigenvalue weighted by molar-refractivity contribution is 5.97. The molecule has 0 spiro atoms. The summed E-state index contributed by atoms with van der Waals surface area (Å²) in [5.41, 5.74) is 0.654. The Bertz CT molecular complexity index is 436. The number of hydrogen-bond donors (Lipinski definition) is 0. The topological polar surface area (TPSA) is 69.7 Å². The van der Waals surface area contributed by atoms with Crippen molar-refractivity contribution < 1.29 is 23.9 Å². The van der Waals surface area contributed by atoms with Crippen LogP contribution in [0.2, 0.25) is 0 Å². The van der Waals surface area contributed by atoms with Gasteiger partial charge in [0.05, 0.1) is 7.11 Å². The lowest BCUT2D eigenvalue weighted by Crippen LogP contribution is -2.20. The van der Waals surface area contributed by atoms with Crippen LogP contribution in [0, 0.1) is 5.92 Å². The van der Waals surface area contributed by atoms with E-state index in [0.29, 0.717) is 37.0 Å². The minimum Gasteiger partial charge on any atom is -0.469 e. The van der Waals surface area contributed by atoms with Gasteiger partial charge in [0, 0.05) is 31.8 Å². The first-order chi connectivity index (χ1) is 9.93. The van der Waals surface area contributed by atoms with Gasteiger partial charge in [0.1, 0.15) is 5.76 Å². The molecule has 1 rings (SSSR count). The van der Waals surface area contributed by atoms with Crippen LogP contribution in [-0.4, -0.2) is 24.8 Å². The summed E-state index contributed by atoms with van der Waals surface area (Å²) in [7, 11) is 1.38. The van der Waals surface area contributed by atoms with Crippen molar-refractivity contribution >= 4 is 17.7 Å². The summed E-state index contributed by atoms with van der Waals surface area (Å²) in [5, 5.41) is 0. The van der Waals surface area contributed by atoms with Crippen molar-refractivity contribution in [2.24, 2.45) is 5.92 Å². The summed E-state index contributed by atoms with van der Waals surface area (Å²) in [6.45, 7) is 3.33. The summed E-state index contributed by atoms with van der Waals surface area (Å²) < 4.78 is 9.78. The predicted molar refractivity (Wildman–Crippen MR) is 77.3 cm³/mol. The Morgan fingerprint density at radius 3 is 2.52 bits per heavy atom. The molecule has 0 bridgehead atoms. The lowest BCUT2D eigenvalue weighted by Gasteiger charge is -2.23. The van der Waals surface area contributed by atoms with Crippen LogP contribution in [-0.2, 0) is 23.9 Å². The average Bonchev–Trinajstić information content (AvgIpc) is 2.39. The van der Waals surface area contributed by atoms with Crippen LogP contribution >= 0.6 is 0 Å². The molecule has 0 aromatic heterocycles. The zero-order valence-corrected chi connectivity index (χ0v) is 13.1. The van der Waals surface area contributed by atoms with Crippen LogP contribution in [0.25, 0.3) is 0 Å². The van der Waals surface area contributed by atoms with Crippen molar-refractivity contribution in [3.05, 3.63) is 11.3 Å². The van der Waals surface area contributed by atoms with E-state index in [0.717, 1.165) is 19.3 Å². The third-order valence-corrected chi connectivity index (χ3v) is 3.54. The molecule has 0 radical (unpaired) electrons. The Hall–Kier alpha value is -1.65. The first-order valence-electron chi connectivity index (χ1n) is 7.44. The van der Waals surface area contributed by atoms with E-state index in [1.165, 1.54) is 14.0 Å². The van der Waals surface area contributed by atoms with Gasteiger partial charge in [-0.2, -0.15) is 0 Å². The lowest BCUT2D eigenvalue weighted by molar-refractivity contribution is -0.141. The van der Waals surface area contributed by atoms with Gasteiger partial charge in [-0.3, -0.25) is 14.4 Å². The van der Waals surface area contributed by atoms with Crippen molar-refractivity contribution in [1.29, 1.82) is 0 Å². The summed E-state index contributed by atoms with van der Waals surface area (Å²) in [6, 6.07) is 0. The molecule has 0 aromatic rings. The highest BCUT2D eigenvalue weighted by Crippen LogP contribution is 2.30. The van der Waals surface area contributed by atoms with Gasteiger partial charge < -0.3 is 9.47 Å². The van der Waals surface area contributed by atoms with Crippen molar-refractivity contribution in [2.75, 3.05) is 7.11 Å². The molecule has 1 unspecified atom stereocenters. The maximum absolute atomic E-state index is 12.1. The first-order valence-corrected chi connectivity index (χ1v) is 7.44. The Morgan fingerprint density at radius 1 is 1.19 bits per heavy atom. The number of Topliss-reactive ketones (excluding diaryl/α,β-unsaturated/α-hetero) is 1. The number of esters is 2. The minimum absolute atomic E-state index is 0.0815. The largest absolute Gasteiger partial charge is 0.469 e. The number of ketones is 1. The Labute approximate surface area is 125 Å².